The summed E-state index contributed by atoms with van der Waals surface area (Å²) < 4.78 is 8.65. The topological polar surface area (TPSA) is 106 Å². The third kappa shape index (κ3) is 4.39. The average Bonchev–Trinajstić information content (AvgIpc) is 3.29. The van der Waals surface area contributed by atoms with Crippen LogP contribution in [0.1, 0.15) is 38.4 Å². The fraction of sp³-hybridized carbons (Fsp3) is 0.269. The Kier molecular flexibility index (Phi) is 6.67. The van der Waals surface area contributed by atoms with E-state index < -0.39 is 12.1 Å². The van der Waals surface area contributed by atoms with Crippen LogP contribution < -0.4 is 16.0 Å². The molecule has 4 aromatic rings. The lowest BCUT2D eigenvalue weighted by Gasteiger charge is -2.15. The van der Waals surface area contributed by atoms with Crippen molar-refractivity contribution in [2.45, 2.75) is 45.9 Å². The van der Waals surface area contributed by atoms with Crippen molar-refractivity contribution in [3.05, 3.63) is 87.1 Å². The summed E-state index contributed by atoms with van der Waals surface area (Å²) in [4.78, 5) is 40.8. The van der Waals surface area contributed by atoms with Gasteiger partial charge in [0.25, 0.3) is 5.56 Å². The van der Waals surface area contributed by atoms with E-state index in [-0.39, 0.29) is 11.2 Å². The number of rotatable bonds is 9. The smallest absolute Gasteiger partial charge is 0.349 e. The van der Waals surface area contributed by atoms with Crippen LogP contribution in [-0.4, -0.2) is 25.2 Å². The zero-order valence-corrected chi connectivity index (χ0v) is 19.2. The van der Waals surface area contributed by atoms with Gasteiger partial charge in [-0.1, -0.05) is 44.2 Å². The number of aromatic amines is 1. The molecule has 0 saturated carbocycles. The number of nitrogens with zero attached hydrogens (tertiary/aromatic N) is 2. The highest BCUT2D eigenvalue weighted by atomic mass is 16.5. The van der Waals surface area contributed by atoms with E-state index in [4.69, 9.17) is 4.74 Å². The van der Waals surface area contributed by atoms with Crippen molar-refractivity contribution in [2.75, 3.05) is 0 Å². The van der Waals surface area contributed by atoms with Crippen molar-refractivity contribution < 1.29 is 14.6 Å². The van der Waals surface area contributed by atoms with E-state index in [1.54, 1.807) is 53.1 Å². The molecule has 176 valence electrons. The fourth-order valence-electron chi connectivity index (χ4n) is 4.04. The monoisotopic (exact) mass is 461 g/mol. The van der Waals surface area contributed by atoms with Gasteiger partial charge in [-0.05, 0) is 48.7 Å². The molecule has 0 aliphatic carbocycles. The highest BCUT2D eigenvalue weighted by Gasteiger charge is 2.22. The maximum Gasteiger partial charge on any atom is 0.349 e. The van der Waals surface area contributed by atoms with E-state index in [2.05, 4.69) is 4.98 Å². The molecule has 0 aliphatic heterocycles. The van der Waals surface area contributed by atoms with E-state index in [0.717, 1.165) is 12.0 Å². The van der Waals surface area contributed by atoms with Crippen LogP contribution in [-0.2, 0) is 17.9 Å². The number of carboxylic acids is 1. The van der Waals surface area contributed by atoms with Gasteiger partial charge in [0.15, 0.2) is 0 Å². The summed E-state index contributed by atoms with van der Waals surface area (Å²) in [6.45, 7) is 4.79. The Morgan fingerprint density at radius 2 is 1.62 bits per heavy atom. The van der Waals surface area contributed by atoms with Crippen LogP contribution >= 0.6 is 0 Å². The lowest BCUT2D eigenvalue weighted by atomic mass is 10.1. The van der Waals surface area contributed by atoms with Crippen LogP contribution in [0.4, 0.5) is 0 Å². The van der Waals surface area contributed by atoms with E-state index in [1.165, 1.54) is 4.57 Å². The van der Waals surface area contributed by atoms with E-state index >= 15 is 0 Å². The second-order valence-electron chi connectivity index (χ2n) is 8.11. The molecule has 0 fully saturated rings. The molecule has 0 spiro atoms. The molecule has 2 aromatic carbocycles. The number of aryl methyl sites for hydroxylation is 1. The Balaban J connectivity index is 1.69. The van der Waals surface area contributed by atoms with Crippen LogP contribution in [0.3, 0.4) is 0 Å². The molecular formula is C26H27N3O5. The number of benzene rings is 2. The number of hydrogen-bond acceptors (Lipinski definition) is 4. The molecule has 1 atom stereocenters. The highest BCUT2D eigenvalue weighted by molar-refractivity contribution is 5.82. The Labute approximate surface area is 196 Å². The number of aromatic nitrogens is 3. The first-order valence-electron chi connectivity index (χ1n) is 11.4. The predicted octanol–water partition coefficient (Wildman–Crippen LogP) is 4.18. The minimum atomic E-state index is -1.12. The van der Waals surface area contributed by atoms with Crippen LogP contribution in [0.2, 0.25) is 0 Å². The van der Waals surface area contributed by atoms with Crippen LogP contribution in [0, 0.1) is 0 Å². The Morgan fingerprint density at radius 3 is 2.24 bits per heavy atom. The standard InChI is InChI=1S/C26H27N3O5/c1-3-14-28-21-16-20(27-22(21)24(30)29(15-4-2)26(28)33)17-10-12-19(13-11-17)34-23(25(31)32)18-8-6-5-7-9-18/h5-13,16,23,27H,3-4,14-15H2,1-2H3,(H,31,32). The first kappa shape index (κ1) is 23.1. The largest absolute Gasteiger partial charge is 0.478 e. The molecule has 0 radical (unpaired) electrons. The van der Waals surface area contributed by atoms with Gasteiger partial charge < -0.3 is 14.8 Å². The molecule has 1 unspecified atom stereocenters. The van der Waals surface area contributed by atoms with Crippen molar-refractivity contribution >= 4 is 17.0 Å². The molecule has 4 rings (SSSR count). The molecule has 0 bridgehead atoms. The van der Waals surface area contributed by atoms with E-state index in [9.17, 15) is 19.5 Å². The van der Waals surface area contributed by atoms with Crippen molar-refractivity contribution in [3.63, 3.8) is 0 Å². The summed E-state index contributed by atoms with van der Waals surface area (Å²) in [5, 5.41) is 9.59. The first-order chi connectivity index (χ1) is 16.4. The number of ether oxygens (including phenoxy) is 1. The molecule has 8 nitrogen and oxygen atoms in total. The van der Waals surface area contributed by atoms with E-state index in [1.807, 2.05) is 26.0 Å². The van der Waals surface area contributed by atoms with Crippen LogP contribution in [0.15, 0.2) is 70.3 Å². The van der Waals surface area contributed by atoms with Gasteiger partial charge in [-0.25, -0.2) is 9.59 Å². The third-order valence-electron chi connectivity index (χ3n) is 5.65. The third-order valence-corrected chi connectivity index (χ3v) is 5.65. The van der Waals surface area contributed by atoms with Gasteiger partial charge in [0, 0.05) is 24.3 Å². The van der Waals surface area contributed by atoms with E-state index in [0.29, 0.717) is 47.6 Å². The van der Waals surface area contributed by atoms with Crippen molar-refractivity contribution in [2.24, 2.45) is 0 Å². The zero-order chi connectivity index (χ0) is 24.2. The summed E-state index contributed by atoms with van der Waals surface area (Å²) in [6.07, 6.45) is 0.320. The fourth-order valence-corrected chi connectivity index (χ4v) is 4.04. The summed E-state index contributed by atoms with van der Waals surface area (Å²) in [5.74, 6) is -0.674. The number of carboxylic acid groups (broad SMARTS) is 1. The number of aliphatic carboxylic acids is 1. The summed E-state index contributed by atoms with van der Waals surface area (Å²) >= 11 is 0. The van der Waals surface area contributed by atoms with Gasteiger partial charge >= 0.3 is 11.7 Å². The Bertz CT molecular complexity index is 1420. The zero-order valence-electron chi connectivity index (χ0n) is 19.2. The highest BCUT2D eigenvalue weighted by Crippen LogP contribution is 2.27. The Morgan fingerprint density at radius 1 is 0.971 bits per heavy atom. The van der Waals surface area contributed by atoms with Crippen molar-refractivity contribution in [1.29, 1.82) is 0 Å². The number of hydrogen-bond donors (Lipinski definition) is 2. The van der Waals surface area contributed by atoms with Crippen molar-refractivity contribution in [1.82, 2.24) is 14.1 Å². The Hall–Kier alpha value is -4.07. The maximum atomic E-state index is 13.0. The van der Waals surface area contributed by atoms with Crippen LogP contribution in [0.5, 0.6) is 5.75 Å². The second kappa shape index (κ2) is 9.82. The first-order valence-corrected chi connectivity index (χ1v) is 11.4. The van der Waals surface area contributed by atoms with Gasteiger partial charge in [-0.3, -0.25) is 13.9 Å². The molecule has 0 aliphatic rings. The molecular weight excluding hydrogens is 434 g/mol. The van der Waals surface area contributed by atoms with Gasteiger partial charge in [-0.2, -0.15) is 0 Å². The predicted molar refractivity (Wildman–Crippen MR) is 130 cm³/mol. The molecule has 2 aromatic heterocycles. The summed E-state index contributed by atoms with van der Waals surface area (Å²) in [6, 6.07) is 17.5. The maximum absolute atomic E-state index is 13.0. The van der Waals surface area contributed by atoms with Gasteiger partial charge in [0.2, 0.25) is 6.10 Å². The number of H-pyrrole nitrogens is 1. The lowest BCUT2D eigenvalue weighted by Crippen LogP contribution is -2.39. The van der Waals surface area contributed by atoms with Gasteiger partial charge in [0.05, 0.1) is 5.52 Å². The normalized spacial score (nSPS) is 12.1. The quantitative estimate of drug-likeness (QED) is 0.389. The second-order valence-corrected chi connectivity index (χ2v) is 8.11. The minimum Gasteiger partial charge on any atom is -0.478 e. The number of carbonyl (C=O) groups is 1. The van der Waals surface area contributed by atoms with Gasteiger partial charge in [-0.15, -0.1) is 0 Å². The number of fused-ring (bicyclic) bond motifs is 1. The number of nitrogens with one attached hydrogen (secondary N) is 1. The van der Waals surface area contributed by atoms with Crippen LogP contribution in [0.25, 0.3) is 22.3 Å². The average molecular weight is 462 g/mol. The molecule has 34 heavy (non-hydrogen) atoms. The molecule has 2 N–H and O–H groups in total. The molecule has 0 saturated heterocycles. The molecule has 0 amide bonds. The molecule has 8 heteroatoms. The molecule has 2 heterocycles. The summed E-state index contributed by atoms with van der Waals surface area (Å²) in [7, 11) is 0. The van der Waals surface area contributed by atoms with Crippen molar-refractivity contribution in [3.8, 4) is 17.0 Å². The lowest BCUT2D eigenvalue weighted by molar-refractivity contribution is -0.145. The van der Waals surface area contributed by atoms with Gasteiger partial charge in [0.1, 0.15) is 11.3 Å². The summed E-state index contributed by atoms with van der Waals surface area (Å²) in [5.41, 5.74) is 2.37. The minimum absolute atomic E-state index is 0.295. The SMILES string of the molecule is CCCn1c(=O)c2[nH]c(-c3ccc(OC(C(=O)O)c4ccccc4)cc3)cc2n(CCC)c1=O.